The lowest BCUT2D eigenvalue weighted by atomic mass is 10.1. The maximum atomic E-state index is 12.9. The van der Waals surface area contributed by atoms with Gasteiger partial charge in [-0.1, -0.05) is 12.1 Å². The fourth-order valence-electron chi connectivity index (χ4n) is 2.07. The molecule has 0 heterocycles. The molecule has 0 spiro atoms. The van der Waals surface area contributed by atoms with E-state index in [-0.39, 0.29) is 24.4 Å². The number of carbonyl (C=O) groups is 2. The zero-order valence-corrected chi connectivity index (χ0v) is 13.9. The molecule has 2 aromatic rings. The molecule has 132 valence electrons. The smallest absolute Gasteiger partial charge is 0.411 e. The third-order valence-corrected chi connectivity index (χ3v) is 3.40. The van der Waals surface area contributed by atoms with Crippen LogP contribution in [0.2, 0.25) is 0 Å². The number of methoxy groups -OCH3 is 1. The standard InChI is InChI=1S/C18H19FN2O4/c1-12(13-3-5-14(19)6-4-13)20-17(22)11-25-16-9-7-15(8-10-16)21-18(23)24-2/h3-10,12H,11H2,1-2H3,(H,20,22)(H,21,23). The van der Waals surface area contributed by atoms with Crippen LogP contribution in [0.3, 0.4) is 0 Å². The maximum absolute atomic E-state index is 12.9. The van der Waals surface area contributed by atoms with E-state index in [0.717, 1.165) is 5.56 Å². The van der Waals surface area contributed by atoms with E-state index >= 15 is 0 Å². The van der Waals surface area contributed by atoms with Crippen LogP contribution >= 0.6 is 0 Å². The van der Waals surface area contributed by atoms with Crippen LogP contribution < -0.4 is 15.4 Å². The van der Waals surface area contributed by atoms with Crippen molar-refractivity contribution in [1.29, 1.82) is 0 Å². The summed E-state index contributed by atoms with van der Waals surface area (Å²) in [7, 11) is 1.28. The van der Waals surface area contributed by atoms with Crippen molar-refractivity contribution in [1.82, 2.24) is 5.32 Å². The number of halogens is 1. The van der Waals surface area contributed by atoms with Crippen LogP contribution in [0, 0.1) is 5.82 Å². The first-order valence-corrected chi connectivity index (χ1v) is 7.60. The highest BCUT2D eigenvalue weighted by Crippen LogP contribution is 2.16. The lowest BCUT2D eigenvalue weighted by Gasteiger charge is -2.15. The molecule has 1 atom stereocenters. The molecule has 0 bridgehead atoms. The Balaban J connectivity index is 1.81. The lowest BCUT2D eigenvalue weighted by molar-refractivity contribution is -0.123. The first-order chi connectivity index (χ1) is 12.0. The highest BCUT2D eigenvalue weighted by Gasteiger charge is 2.10. The summed E-state index contributed by atoms with van der Waals surface area (Å²) < 4.78 is 22.8. The third-order valence-electron chi connectivity index (χ3n) is 3.40. The molecule has 0 saturated heterocycles. The van der Waals surface area contributed by atoms with Gasteiger partial charge in [0, 0.05) is 5.69 Å². The predicted molar refractivity (Wildman–Crippen MR) is 90.9 cm³/mol. The number of hydrogen-bond donors (Lipinski definition) is 2. The first kappa shape index (κ1) is 18.3. The minimum atomic E-state index is -0.567. The third kappa shape index (κ3) is 5.80. The average Bonchev–Trinajstić information content (AvgIpc) is 2.61. The molecule has 0 saturated carbocycles. The summed E-state index contributed by atoms with van der Waals surface area (Å²) in [5.74, 6) is -0.135. The van der Waals surface area contributed by atoms with E-state index in [1.54, 1.807) is 43.3 Å². The van der Waals surface area contributed by atoms with Crippen LogP contribution in [0.4, 0.5) is 14.9 Å². The number of anilines is 1. The number of rotatable bonds is 6. The van der Waals surface area contributed by atoms with Crippen molar-refractivity contribution in [2.75, 3.05) is 19.0 Å². The van der Waals surface area contributed by atoms with Gasteiger partial charge in [-0.3, -0.25) is 10.1 Å². The Morgan fingerprint density at radius 3 is 2.32 bits per heavy atom. The molecule has 0 aromatic heterocycles. The van der Waals surface area contributed by atoms with E-state index in [0.29, 0.717) is 11.4 Å². The van der Waals surface area contributed by atoms with Crippen molar-refractivity contribution in [2.24, 2.45) is 0 Å². The van der Waals surface area contributed by atoms with Crippen LogP contribution in [-0.2, 0) is 9.53 Å². The van der Waals surface area contributed by atoms with Gasteiger partial charge in [-0.15, -0.1) is 0 Å². The summed E-state index contributed by atoms with van der Waals surface area (Å²) >= 11 is 0. The summed E-state index contributed by atoms with van der Waals surface area (Å²) in [5.41, 5.74) is 1.35. The van der Waals surface area contributed by atoms with Gasteiger partial charge in [0.25, 0.3) is 5.91 Å². The Morgan fingerprint density at radius 2 is 1.72 bits per heavy atom. The monoisotopic (exact) mass is 346 g/mol. The van der Waals surface area contributed by atoms with Crippen molar-refractivity contribution in [3.8, 4) is 5.75 Å². The van der Waals surface area contributed by atoms with Gasteiger partial charge in [0.15, 0.2) is 6.61 Å². The van der Waals surface area contributed by atoms with Crippen molar-refractivity contribution >= 4 is 17.7 Å². The highest BCUT2D eigenvalue weighted by atomic mass is 19.1. The van der Waals surface area contributed by atoms with E-state index in [4.69, 9.17) is 4.74 Å². The minimum absolute atomic E-state index is 0.157. The van der Waals surface area contributed by atoms with Gasteiger partial charge in [-0.2, -0.15) is 0 Å². The second-order valence-electron chi connectivity index (χ2n) is 5.27. The Kier molecular flexibility index (Phi) is 6.33. The molecule has 0 fully saturated rings. The molecule has 2 aromatic carbocycles. The summed E-state index contributed by atoms with van der Waals surface area (Å²) in [4.78, 5) is 23.0. The zero-order chi connectivity index (χ0) is 18.2. The second-order valence-corrected chi connectivity index (χ2v) is 5.27. The Labute approximate surface area is 144 Å². The van der Waals surface area contributed by atoms with E-state index < -0.39 is 6.09 Å². The number of carbonyl (C=O) groups excluding carboxylic acids is 2. The van der Waals surface area contributed by atoms with Gasteiger partial charge in [0.1, 0.15) is 11.6 Å². The predicted octanol–water partition coefficient (Wildman–Crippen LogP) is 3.26. The van der Waals surface area contributed by atoms with E-state index in [1.807, 2.05) is 0 Å². The molecule has 0 aliphatic carbocycles. The topological polar surface area (TPSA) is 76.7 Å². The highest BCUT2D eigenvalue weighted by molar-refractivity contribution is 5.84. The Morgan fingerprint density at radius 1 is 1.08 bits per heavy atom. The SMILES string of the molecule is COC(=O)Nc1ccc(OCC(=O)NC(C)c2ccc(F)cc2)cc1. The summed E-state index contributed by atoms with van der Waals surface area (Å²) in [6, 6.07) is 12.2. The van der Waals surface area contributed by atoms with Crippen LogP contribution in [0.5, 0.6) is 5.75 Å². The van der Waals surface area contributed by atoms with Crippen molar-refractivity contribution in [3.05, 3.63) is 59.9 Å². The van der Waals surface area contributed by atoms with Gasteiger partial charge in [-0.25, -0.2) is 9.18 Å². The van der Waals surface area contributed by atoms with E-state index in [1.165, 1.54) is 19.2 Å². The first-order valence-electron chi connectivity index (χ1n) is 7.60. The van der Waals surface area contributed by atoms with Gasteiger partial charge >= 0.3 is 6.09 Å². The molecule has 0 radical (unpaired) electrons. The molecule has 2 amide bonds. The van der Waals surface area contributed by atoms with E-state index in [9.17, 15) is 14.0 Å². The van der Waals surface area contributed by atoms with Gasteiger partial charge in [0.05, 0.1) is 13.2 Å². The molecule has 7 heteroatoms. The molecule has 2 rings (SSSR count). The summed E-state index contributed by atoms with van der Waals surface area (Å²) in [5, 5.41) is 5.28. The zero-order valence-electron chi connectivity index (χ0n) is 13.9. The molecule has 1 unspecified atom stereocenters. The van der Waals surface area contributed by atoms with Crippen LogP contribution in [0.1, 0.15) is 18.5 Å². The number of nitrogens with one attached hydrogen (secondary N) is 2. The fourth-order valence-corrected chi connectivity index (χ4v) is 2.07. The largest absolute Gasteiger partial charge is 0.484 e. The van der Waals surface area contributed by atoms with Crippen molar-refractivity contribution in [2.45, 2.75) is 13.0 Å². The average molecular weight is 346 g/mol. The Hall–Kier alpha value is -3.09. The lowest BCUT2D eigenvalue weighted by Crippen LogP contribution is -2.31. The maximum Gasteiger partial charge on any atom is 0.411 e. The fraction of sp³-hybridized carbons (Fsp3) is 0.222. The number of hydrogen-bond acceptors (Lipinski definition) is 4. The summed E-state index contributed by atoms with van der Waals surface area (Å²) in [6.45, 7) is 1.65. The molecule has 0 aliphatic rings. The summed E-state index contributed by atoms with van der Waals surface area (Å²) in [6.07, 6.45) is -0.567. The number of amides is 2. The second kappa shape index (κ2) is 8.68. The molecule has 0 aliphatic heterocycles. The van der Waals surface area contributed by atoms with Crippen LogP contribution in [0.15, 0.2) is 48.5 Å². The quantitative estimate of drug-likeness (QED) is 0.842. The molecular weight excluding hydrogens is 327 g/mol. The van der Waals surface area contributed by atoms with Crippen molar-refractivity contribution < 1.29 is 23.5 Å². The minimum Gasteiger partial charge on any atom is -0.484 e. The molecular formula is C18H19FN2O4. The van der Waals surface area contributed by atoms with Gasteiger partial charge < -0.3 is 14.8 Å². The van der Waals surface area contributed by atoms with Gasteiger partial charge in [0.2, 0.25) is 0 Å². The molecule has 6 nitrogen and oxygen atoms in total. The number of benzene rings is 2. The van der Waals surface area contributed by atoms with E-state index in [2.05, 4.69) is 15.4 Å². The Bertz CT molecular complexity index is 717. The molecule has 2 N–H and O–H groups in total. The normalized spacial score (nSPS) is 11.3. The number of ether oxygens (including phenoxy) is 2. The van der Waals surface area contributed by atoms with Crippen LogP contribution in [-0.4, -0.2) is 25.7 Å². The van der Waals surface area contributed by atoms with Crippen LogP contribution in [0.25, 0.3) is 0 Å². The van der Waals surface area contributed by atoms with Gasteiger partial charge in [-0.05, 0) is 48.9 Å². The molecule has 25 heavy (non-hydrogen) atoms. The van der Waals surface area contributed by atoms with Crippen molar-refractivity contribution in [3.63, 3.8) is 0 Å².